The maximum atomic E-state index is 10.4. The lowest BCUT2D eigenvalue weighted by Crippen LogP contribution is -2.16. The van der Waals surface area contributed by atoms with E-state index in [0.29, 0.717) is 5.69 Å². The smallest absolute Gasteiger partial charge is 0.311 e. The highest BCUT2D eigenvalue weighted by molar-refractivity contribution is 5.52. The minimum Gasteiger partial charge on any atom is -0.394 e. The van der Waals surface area contributed by atoms with Crippen LogP contribution in [0.4, 0.5) is 11.5 Å². The first-order valence-electron chi connectivity index (χ1n) is 3.83. The van der Waals surface area contributed by atoms with Gasteiger partial charge in [-0.3, -0.25) is 10.1 Å². The van der Waals surface area contributed by atoms with Crippen molar-refractivity contribution in [2.75, 3.05) is 12.3 Å². The van der Waals surface area contributed by atoms with Gasteiger partial charge in [-0.25, -0.2) is 4.98 Å². The first-order valence-corrected chi connectivity index (χ1v) is 3.83. The minimum absolute atomic E-state index is 0.198. The van der Waals surface area contributed by atoms with Gasteiger partial charge in [0.2, 0.25) is 5.82 Å². The molecule has 1 unspecified atom stereocenters. The number of nitrogens with zero attached hydrogens (tertiary/aromatic N) is 2. The van der Waals surface area contributed by atoms with Crippen LogP contribution in [-0.2, 0) is 0 Å². The van der Waals surface area contributed by atoms with Crippen LogP contribution >= 0.6 is 0 Å². The van der Waals surface area contributed by atoms with Gasteiger partial charge >= 0.3 is 5.69 Å². The number of aliphatic hydroxyl groups excluding tert-OH is 1. The lowest BCUT2D eigenvalue weighted by Gasteiger charge is -2.07. The first-order chi connectivity index (χ1) is 6.56. The average molecular weight is 198 g/mol. The fraction of sp³-hybridized carbons (Fsp3) is 0.286. The number of aliphatic hydroxyl groups is 1. The molecule has 0 aliphatic rings. The number of pyridine rings is 1. The van der Waals surface area contributed by atoms with E-state index in [1.54, 1.807) is 0 Å². The Morgan fingerprint density at radius 2 is 2.29 bits per heavy atom. The molecular formula is C7H10N4O3. The van der Waals surface area contributed by atoms with Crippen molar-refractivity contribution in [3.05, 3.63) is 27.9 Å². The molecule has 0 aliphatic heterocycles. The van der Waals surface area contributed by atoms with Crippen LogP contribution < -0.4 is 11.5 Å². The summed E-state index contributed by atoms with van der Waals surface area (Å²) in [6.45, 7) is -0.287. The molecule has 0 radical (unpaired) electrons. The van der Waals surface area contributed by atoms with E-state index in [4.69, 9.17) is 16.6 Å². The van der Waals surface area contributed by atoms with Crippen LogP contribution in [0.3, 0.4) is 0 Å². The highest BCUT2D eigenvalue weighted by Crippen LogP contribution is 2.20. The van der Waals surface area contributed by atoms with Crippen molar-refractivity contribution < 1.29 is 10.0 Å². The molecule has 1 rings (SSSR count). The zero-order valence-corrected chi connectivity index (χ0v) is 7.25. The number of hydrogen-bond acceptors (Lipinski definition) is 6. The van der Waals surface area contributed by atoms with Crippen molar-refractivity contribution in [2.45, 2.75) is 6.04 Å². The van der Waals surface area contributed by atoms with Crippen LogP contribution in [0, 0.1) is 10.1 Å². The summed E-state index contributed by atoms with van der Waals surface area (Å²) in [4.78, 5) is 13.5. The topological polar surface area (TPSA) is 128 Å². The Morgan fingerprint density at radius 3 is 2.71 bits per heavy atom. The Bertz CT molecular complexity index is 355. The molecule has 1 atom stereocenters. The van der Waals surface area contributed by atoms with E-state index in [-0.39, 0.29) is 18.1 Å². The average Bonchev–Trinajstić information content (AvgIpc) is 2.15. The molecule has 0 aromatic carbocycles. The molecule has 7 nitrogen and oxygen atoms in total. The highest BCUT2D eigenvalue weighted by Gasteiger charge is 2.15. The van der Waals surface area contributed by atoms with Crippen molar-refractivity contribution in [2.24, 2.45) is 5.73 Å². The lowest BCUT2D eigenvalue weighted by molar-refractivity contribution is -0.384. The summed E-state index contributed by atoms with van der Waals surface area (Å²) in [5, 5.41) is 19.1. The second kappa shape index (κ2) is 3.99. The van der Waals surface area contributed by atoms with Gasteiger partial charge < -0.3 is 16.6 Å². The summed E-state index contributed by atoms with van der Waals surface area (Å²) < 4.78 is 0. The largest absolute Gasteiger partial charge is 0.394 e. The second-order valence-electron chi connectivity index (χ2n) is 2.69. The zero-order valence-electron chi connectivity index (χ0n) is 7.25. The molecule has 1 heterocycles. The van der Waals surface area contributed by atoms with Gasteiger partial charge in [0.05, 0.1) is 23.3 Å². The van der Waals surface area contributed by atoms with Crippen LogP contribution in [0.15, 0.2) is 12.1 Å². The predicted molar refractivity (Wildman–Crippen MR) is 49.3 cm³/mol. The van der Waals surface area contributed by atoms with Crippen LogP contribution in [0.2, 0.25) is 0 Å². The molecule has 7 heteroatoms. The molecule has 0 fully saturated rings. The normalized spacial score (nSPS) is 12.4. The van der Waals surface area contributed by atoms with Gasteiger partial charge in [0.25, 0.3) is 0 Å². The molecule has 14 heavy (non-hydrogen) atoms. The van der Waals surface area contributed by atoms with Crippen LogP contribution in [-0.4, -0.2) is 21.6 Å². The minimum atomic E-state index is -0.668. The molecule has 76 valence electrons. The maximum absolute atomic E-state index is 10.4. The zero-order chi connectivity index (χ0) is 10.7. The van der Waals surface area contributed by atoms with Crippen LogP contribution in [0.5, 0.6) is 0 Å². The van der Waals surface area contributed by atoms with Gasteiger partial charge in [-0.1, -0.05) is 0 Å². The number of hydrogen-bond donors (Lipinski definition) is 3. The van der Waals surface area contributed by atoms with Crippen molar-refractivity contribution in [3.8, 4) is 0 Å². The molecule has 5 N–H and O–H groups in total. The van der Waals surface area contributed by atoms with E-state index in [2.05, 4.69) is 4.98 Å². The van der Waals surface area contributed by atoms with E-state index in [0.717, 1.165) is 0 Å². The second-order valence-corrected chi connectivity index (χ2v) is 2.69. The highest BCUT2D eigenvalue weighted by atomic mass is 16.6. The third-order valence-electron chi connectivity index (χ3n) is 1.70. The van der Waals surface area contributed by atoms with Gasteiger partial charge in [0.15, 0.2) is 0 Å². The number of rotatable bonds is 3. The van der Waals surface area contributed by atoms with E-state index in [9.17, 15) is 10.1 Å². The summed E-state index contributed by atoms with van der Waals surface area (Å²) in [6, 6.07) is 1.92. The van der Waals surface area contributed by atoms with Gasteiger partial charge in [-0.2, -0.15) is 0 Å². The van der Waals surface area contributed by atoms with Gasteiger partial charge in [-0.15, -0.1) is 0 Å². The lowest BCUT2D eigenvalue weighted by atomic mass is 10.2. The van der Waals surface area contributed by atoms with Crippen LogP contribution in [0.1, 0.15) is 11.7 Å². The molecule has 1 aromatic heterocycles. The molecule has 0 saturated heterocycles. The summed E-state index contributed by atoms with van der Waals surface area (Å²) in [5.74, 6) is -0.198. The van der Waals surface area contributed by atoms with Crippen molar-refractivity contribution >= 4 is 11.5 Å². The van der Waals surface area contributed by atoms with Crippen molar-refractivity contribution in [3.63, 3.8) is 0 Å². The van der Waals surface area contributed by atoms with Gasteiger partial charge in [0.1, 0.15) is 0 Å². The van der Waals surface area contributed by atoms with Gasteiger partial charge in [0, 0.05) is 6.07 Å². The molecule has 0 aliphatic carbocycles. The Hall–Kier alpha value is -1.73. The Labute approximate surface area is 79.5 Å². The first kappa shape index (κ1) is 10.4. The number of nitrogen functional groups attached to an aromatic ring is 1. The van der Waals surface area contributed by atoms with E-state index in [1.807, 2.05) is 0 Å². The molecule has 0 bridgehead atoms. The number of aromatic nitrogens is 1. The predicted octanol–water partition coefficient (Wildman–Crippen LogP) is -0.436. The van der Waals surface area contributed by atoms with Crippen LogP contribution in [0.25, 0.3) is 0 Å². The third kappa shape index (κ3) is 1.95. The Kier molecular flexibility index (Phi) is 2.95. The Balaban J connectivity index is 3.06. The fourth-order valence-corrected chi connectivity index (χ4v) is 0.938. The quantitative estimate of drug-likeness (QED) is 0.446. The molecule has 0 amide bonds. The van der Waals surface area contributed by atoms with E-state index in [1.165, 1.54) is 12.1 Å². The standard InChI is InChI=1S/C7H10N4O3/c8-4(3-12)5-1-2-6(11(13)14)7(9)10-5/h1-2,4,12H,3,8H2,(H2,9,10). The number of nitrogens with two attached hydrogens (primary N) is 2. The fourth-order valence-electron chi connectivity index (χ4n) is 0.938. The SMILES string of the molecule is Nc1nc(C(N)CO)ccc1[N+](=O)[O-]. The van der Waals surface area contributed by atoms with Gasteiger partial charge in [-0.05, 0) is 6.07 Å². The summed E-state index contributed by atoms with van der Waals surface area (Å²) in [7, 11) is 0. The molecular weight excluding hydrogens is 188 g/mol. The molecule has 0 saturated carbocycles. The maximum Gasteiger partial charge on any atom is 0.311 e. The summed E-state index contributed by atoms with van der Waals surface area (Å²) in [5.41, 5.74) is 10.8. The monoisotopic (exact) mass is 198 g/mol. The number of nitro groups is 1. The molecule has 1 aromatic rings. The summed E-state index contributed by atoms with van der Waals surface area (Å²) in [6.07, 6.45) is 0. The summed E-state index contributed by atoms with van der Waals surface area (Å²) >= 11 is 0. The van der Waals surface area contributed by atoms with E-state index < -0.39 is 11.0 Å². The van der Waals surface area contributed by atoms with Crippen molar-refractivity contribution in [1.29, 1.82) is 0 Å². The molecule has 0 spiro atoms. The number of anilines is 1. The van der Waals surface area contributed by atoms with E-state index >= 15 is 0 Å². The van der Waals surface area contributed by atoms with Crippen molar-refractivity contribution in [1.82, 2.24) is 4.98 Å². The Morgan fingerprint density at radius 1 is 1.64 bits per heavy atom. The third-order valence-corrected chi connectivity index (χ3v) is 1.70.